The van der Waals surface area contributed by atoms with Gasteiger partial charge in [0.15, 0.2) is 0 Å². The fourth-order valence-electron chi connectivity index (χ4n) is 1.98. The molecule has 0 aliphatic heterocycles. The predicted molar refractivity (Wildman–Crippen MR) is 81.2 cm³/mol. The van der Waals surface area contributed by atoms with E-state index in [0.717, 1.165) is 40.6 Å². The molecule has 1 aromatic carbocycles. The average molecular weight is 325 g/mol. The highest BCUT2D eigenvalue weighted by molar-refractivity contribution is 9.10. The van der Waals surface area contributed by atoms with Crippen molar-refractivity contribution in [2.24, 2.45) is 5.73 Å². The van der Waals surface area contributed by atoms with E-state index < -0.39 is 0 Å². The Morgan fingerprint density at radius 2 is 2.16 bits per heavy atom. The molecule has 1 atom stereocenters. The number of nitrogens with two attached hydrogens (primary N) is 1. The highest BCUT2D eigenvalue weighted by Crippen LogP contribution is 2.29. The number of rotatable bonds is 7. The van der Waals surface area contributed by atoms with Gasteiger partial charge in [-0.1, -0.05) is 15.9 Å². The van der Waals surface area contributed by atoms with Gasteiger partial charge >= 0.3 is 0 Å². The van der Waals surface area contributed by atoms with Crippen LogP contribution in [0.2, 0.25) is 0 Å². The lowest BCUT2D eigenvalue weighted by Gasteiger charge is -2.16. The van der Waals surface area contributed by atoms with Crippen molar-refractivity contribution in [1.29, 1.82) is 5.26 Å². The second-order valence-electron chi connectivity index (χ2n) is 4.86. The maximum Gasteiger partial charge on any atom is 0.125 e. The standard InChI is InChI=1S/C15H21BrN2O/c1-11-8-14(16)10-13(9-12(2)18)15(11)19-7-5-3-4-6-17/h8,10,12H,3-5,7,9,18H2,1-2H3. The SMILES string of the molecule is Cc1cc(Br)cc(CC(C)N)c1OCCCCC#N. The molecule has 0 fully saturated rings. The molecule has 4 heteroatoms. The Bertz CT molecular complexity index is 452. The van der Waals surface area contributed by atoms with Crippen LogP contribution in [-0.4, -0.2) is 12.6 Å². The molecular weight excluding hydrogens is 304 g/mol. The number of hydrogen-bond donors (Lipinski definition) is 1. The Balaban J connectivity index is 2.71. The van der Waals surface area contributed by atoms with Crippen molar-refractivity contribution >= 4 is 15.9 Å². The van der Waals surface area contributed by atoms with Crippen molar-refractivity contribution in [3.05, 3.63) is 27.7 Å². The molecule has 0 aliphatic carbocycles. The maximum absolute atomic E-state index is 8.49. The third-order valence-corrected chi connectivity index (χ3v) is 3.25. The highest BCUT2D eigenvalue weighted by atomic mass is 79.9. The number of aryl methyl sites for hydroxylation is 1. The average Bonchev–Trinajstić information content (AvgIpc) is 2.30. The molecule has 0 saturated carbocycles. The number of ether oxygens (including phenoxy) is 1. The number of nitriles is 1. The molecule has 1 aromatic rings. The first kappa shape index (κ1) is 16.0. The Kier molecular flexibility index (Phi) is 6.90. The van der Waals surface area contributed by atoms with E-state index in [1.54, 1.807) is 0 Å². The van der Waals surface area contributed by atoms with Gasteiger partial charge in [0.05, 0.1) is 12.7 Å². The molecular formula is C15H21BrN2O. The van der Waals surface area contributed by atoms with Crippen LogP contribution >= 0.6 is 15.9 Å². The number of benzene rings is 1. The van der Waals surface area contributed by atoms with E-state index in [4.69, 9.17) is 15.7 Å². The summed E-state index contributed by atoms with van der Waals surface area (Å²) in [5.41, 5.74) is 8.14. The van der Waals surface area contributed by atoms with Crippen LogP contribution in [0.3, 0.4) is 0 Å². The maximum atomic E-state index is 8.49. The smallest absolute Gasteiger partial charge is 0.125 e. The van der Waals surface area contributed by atoms with E-state index in [1.807, 2.05) is 13.8 Å². The molecule has 0 heterocycles. The number of hydrogen-bond acceptors (Lipinski definition) is 3. The second kappa shape index (κ2) is 8.19. The Labute approximate surface area is 123 Å². The lowest BCUT2D eigenvalue weighted by Crippen LogP contribution is -2.18. The first-order valence-corrected chi connectivity index (χ1v) is 7.38. The molecule has 1 rings (SSSR count). The van der Waals surface area contributed by atoms with E-state index in [-0.39, 0.29) is 6.04 Å². The van der Waals surface area contributed by atoms with Crippen LogP contribution in [0.5, 0.6) is 5.75 Å². The third kappa shape index (κ3) is 5.63. The van der Waals surface area contributed by atoms with E-state index in [2.05, 4.69) is 34.1 Å². The summed E-state index contributed by atoms with van der Waals surface area (Å²) < 4.78 is 6.94. The molecule has 0 amide bonds. The summed E-state index contributed by atoms with van der Waals surface area (Å²) in [5, 5.41) is 8.49. The van der Waals surface area contributed by atoms with Gasteiger partial charge in [-0.15, -0.1) is 0 Å². The Morgan fingerprint density at radius 1 is 1.42 bits per heavy atom. The Morgan fingerprint density at radius 3 is 2.79 bits per heavy atom. The number of unbranched alkanes of at least 4 members (excludes halogenated alkanes) is 2. The largest absolute Gasteiger partial charge is 0.493 e. The summed E-state index contributed by atoms with van der Waals surface area (Å²) in [6.45, 7) is 4.68. The molecule has 19 heavy (non-hydrogen) atoms. The van der Waals surface area contributed by atoms with Crippen LogP contribution in [0.15, 0.2) is 16.6 Å². The van der Waals surface area contributed by atoms with E-state index in [1.165, 1.54) is 0 Å². The molecule has 104 valence electrons. The second-order valence-corrected chi connectivity index (χ2v) is 5.77. The van der Waals surface area contributed by atoms with Crippen molar-refractivity contribution in [2.45, 2.75) is 45.6 Å². The first-order valence-electron chi connectivity index (χ1n) is 6.59. The fourth-order valence-corrected chi connectivity index (χ4v) is 2.60. The van der Waals surface area contributed by atoms with Gasteiger partial charge in [0.25, 0.3) is 0 Å². The van der Waals surface area contributed by atoms with Crippen molar-refractivity contribution in [3.8, 4) is 11.8 Å². The van der Waals surface area contributed by atoms with Crippen LogP contribution in [-0.2, 0) is 6.42 Å². The summed E-state index contributed by atoms with van der Waals surface area (Å²) in [6, 6.07) is 6.37. The summed E-state index contributed by atoms with van der Waals surface area (Å²) >= 11 is 3.51. The summed E-state index contributed by atoms with van der Waals surface area (Å²) in [6.07, 6.45) is 3.18. The normalized spacial score (nSPS) is 11.9. The van der Waals surface area contributed by atoms with Crippen molar-refractivity contribution in [3.63, 3.8) is 0 Å². The van der Waals surface area contributed by atoms with Gasteiger partial charge in [0.1, 0.15) is 5.75 Å². The minimum Gasteiger partial charge on any atom is -0.493 e. The number of nitrogens with zero attached hydrogens (tertiary/aromatic N) is 1. The van der Waals surface area contributed by atoms with Crippen LogP contribution in [0.1, 0.15) is 37.3 Å². The summed E-state index contributed by atoms with van der Waals surface area (Å²) in [4.78, 5) is 0. The van der Waals surface area contributed by atoms with Crippen molar-refractivity contribution < 1.29 is 4.74 Å². The minimum atomic E-state index is 0.106. The zero-order chi connectivity index (χ0) is 14.3. The van der Waals surface area contributed by atoms with E-state index >= 15 is 0 Å². The molecule has 1 unspecified atom stereocenters. The summed E-state index contributed by atoms with van der Waals surface area (Å²) in [7, 11) is 0. The van der Waals surface area contributed by atoms with Gasteiger partial charge in [0.2, 0.25) is 0 Å². The number of halogens is 1. The Hall–Kier alpha value is -1.05. The highest BCUT2D eigenvalue weighted by Gasteiger charge is 2.10. The zero-order valence-electron chi connectivity index (χ0n) is 11.6. The molecule has 0 spiro atoms. The molecule has 2 N–H and O–H groups in total. The zero-order valence-corrected chi connectivity index (χ0v) is 13.2. The van der Waals surface area contributed by atoms with Crippen LogP contribution in [0.25, 0.3) is 0 Å². The topological polar surface area (TPSA) is 59.0 Å². The van der Waals surface area contributed by atoms with Gasteiger partial charge in [-0.2, -0.15) is 5.26 Å². The molecule has 0 saturated heterocycles. The molecule has 0 bridgehead atoms. The van der Waals surface area contributed by atoms with Crippen molar-refractivity contribution in [2.75, 3.05) is 6.61 Å². The monoisotopic (exact) mass is 324 g/mol. The van der Waals surface area contributed by atoms with Crippen molar-refractivity contribution in [1.82, 2.24) is 0 Å². The van der Waals surface area contributed by atoms with Crippen LogP contribution in [0.4, 0.5) is 0 Å². The van der Waals surface area contributed by atoms with Crippen LogP contribution in [0, 0.1) is 18.3 Å². The predicted octanol–water partition coefficient (Wildman–Crippen LogP) is 3.72. The molecule has 0 radical (unpaired) electrons. The summed E-state index contributed by atoms with van der Waals surface area (Å²) in [5.74, 6) is 0.942. The lowest BCUT2D eigenvalue weighted by atomic mass is 10.0. The molecule has 0 aliphatic rings. The third-order valence-electron chi connectivity index (χ3n) is 2.79. The van der Waals surface area contributed by atoms with Gasteiger partial charge < -0.3 is 10.5 Å². The van der Waals surface area contributed by atoms with Gasteiger partial charge in [-0.05, 0) is 56.4 Å². The minimum absolute atomic E-state index is 0.106. The quantitative estimate of drug-likeness (QED) is 0.777. The van der Waals surface area contributed by atoms with Gasteiger partial charge in [0, 0.05) is 16.9 Å². The lowest BCUT2D eigenvalue weighted by molar-refractivity contribution is 0.302. The van der Waals surface area contributed by atoms with E-state index in [9.17, 15) is 0 Å². The van der Waals surface area contributed by atoms with Crippen LogP contribution < -0.4 is 10.5 Å². The molecule has 0 aromatic heterocycles. The van der Waals surface area contributed by atoms with Gasteiger partial charge in [-0.25, -0.2) is 0 Å². The fraction of sp³-hybridized carbons (Fsp3) is 0.533. The first-order chi connectivity index (χ1) is 9.04. The van der Waals surface area contributed by atoms with E-state index in [0.29, 0.717) is 13.0 Å². The molecule has 3 nitrogen and oxygen atoms in total. The van der Waals surface area contributed by atoms with Gasteiger partial charge in [-0.3, -0.25) is 0 Å².